The van der Waals surface area contributed by atoms with E-state index in [4.69, 9.17) is 36.7 Å². The van der Waals surface area contributed by atoms with E-state index in [0.29, 0.717) is 47.9 Å². The van der Waals surface area contributed by atoms with Gasteiger partial charge in [-0.25, -0.2) is 10.4 Å². The van der Waals surface area contributed by atoms with Gasteiger partial charge in [-0.05, 0) is 70.6 Å². The van der Waals surface area contributed by atoms with Crippen LogP contribution in [0.4, 0.5) is 5.69 Å². The summed E-state index contributed by atoms with van der Waals surface area (Å²) in [4.78, 5) is 25.5. The zero-order valence-electron chi connectivity index (χ0n) is 26.4. The average Bonchev–Trinajstić information content (AvgIpc) is 3.51. The van der Waals surface area contributed by atoms with Gasteiger partial charge in [-0.2, -0.15) is 0 Å². The van der Waals surface area contributed by atoms with Gasteiger partial charge in [-0.3, -0.25) is 10.2 Å². The number of amides is 1. The smallest absolute Gasteiger partial charge is 0.266 e. The third-order valence-electron chi connectivity index (χ3n) is 7.94. The monoisotopic (exact) mass is 679 g/mol. The number of hydrogen-bond acceptors (Lipinski definition) is 8. The van der Waals surface area contributed by atoms with Crippen molar-refractivity contribution in [3.05, 3.63) is 151 Å². The number of nitrogens with one attached hydrogen (secondary N) is 2. The Bertz CT molecular complexity index is 1870. The number of hydrazine groups is 1. The Hall–Kier alpha value is -5.55. The number of aliphatic hydroxyl groups is 1. The number of benzene rings is 4. The molecule has 2 atom stereocenters. The molecule has 1 aliphatic rings. The number of aliphatic hydroxyl groups excluding tert-OH is 1. The minimum absolute atomic E-state index is 0.0214. The maximum Gasteiger partial charge on any atom is 0.266 e. The predicted octanol–water partition coefficient (Wildman–Crippen LogP) is 7.22. The Kier molecular flexibility index (Phi) is 12.1. The van der Waals surface area contributed by atoms with Gasteiger partial charge in [0, 0.05) is 57.7 Å². The number of rotatable bonds is 16. The summed E-state index contributed by atoms with van der Waals surface area (Å²) >= 11 is 6.03. The summed E-state index contributed by atoms with van der Waals surface area (Å²) < 4.78 is 12.3. The molecule has 4 aromatic carbocycles. The Balaban J connectivity index is 1.56. The fourth-order valence-corrected chi connectivity index (χ4v) is 5.63. The standard InChI is InChI=1S/C35H34ClN9O4/c36-28-14-10-24(11-15-28)18-19-39-43-34(47)35(22-26-6-1-2-7-27(26)23-40-44-37)32(30-8-3-4-9-31(30)42-45-38)49-33(41-35)25-12-16-29(17-13-25)48-21-5-20-46/h1-4,6-17,32,39,46H,5,18-23H2,(H,43,47)/t32-,35-/m0/s1. The molecule has 1 amide bonds. The van der Waals surface area contributed by atoms with Gasteiger partial charge in [0.2, 0.25) is 5.90 Å². The fraction of sp³-hybridized carbons (Fsp3) is 0.257. The molecule has 0 fully saturated rings. The molecule has 49 heavy (non-hydrogen) atoms. The fourth-order valence-electron chi connectivity index (χ4n) is 5.50. The van der Waals surface area contributed by atoms with Gasteiger partial charge in [0.1, 0.15) is 5.75 Å². The molecule has 3 N–H and O–H groups in total. The molecule has 4 aromatic rings. The first-order valence-corrected chi connectivity index (χ1v) is 15.9. The van der Waals surface area contributed by atoms with Crippen LogP contribution in [0.15, 0.2) is 112 Å². The predicted molar refractivity (Wildman–Crippen MR) is 186 cm³/mol. The van der Waals surface area contributed by atoms with Crippen LogP contribution in [-0.2, 0) is 28.9 Å². The van der Waals surface area contributed by atoms with E-state index >= 15 is 0 Å². The molecular weight excluding hydrogens is 646 g/mol. The molecule has 1 aliphatic heterocycles. The van der Waals surface area contributed by atoms with Crippen LogP contribution in [0.25, 0.3) is 20.9 Å². The molecule has 0 saturated heterocycles. The lowest BCUT2D eigenvalue weighted by Crippen LogP contribution is -2.54. The minimum atomic E-state index is -1.62. The van der Waals surface area contributed by atoms with Crippen molar-refractivity contribution in [2.24, 2.45) is 15.2 Å². The van der Waals surface area contributed by atoms with Gasteiger partial charge in [-0.15, -0.1) is 0 Å². The molecule has 250 valence electrons. The first-order valence-electron chi connectivity index (χ1n) is 15.6. The third kappa shape index (κ3) is 8.68. The van der Waals surface area contributed by atoms with Crippen LogP contribution < -0.4 is 15.6 Å². The van der Waals surface area contributed by atoms with Crippen LogP contribution in [0.5, 0.6) is 5.75 Å². The third-order valence-corrected chi connectivity index (χ3v) is 8.19. The number of carbonyl (C=O) groups excluding carboxylic acids is 1. The van der Waals surface area contributed by atoms with Crippen molar-refractivity contribution in [2.45, 2.75) is 37.5 Å². The molecule has 0 aliphatic carbocycles. The first kappa shape index (κ1) is 34.8. The normalized spacial score (nSPS) is 16.4. The van der Waals surface area contributed by atoms with E-state index in [-0.39, 0.29) is 31.2 Å². The van der Waals surface area contributed by atoms with Crippen molar-refractivity contribution in [3.8, 4) is 5.75 Å². The van der Waals surface area contributed by atoms with Crippen molar-refractivity contribution >= 4 is 29.1 Å². The van der Waals surface area contributed by atoms with E-state index in [2.05, 4.69) is 30.9 Å². The Morgan fingerprint density at radius 2 is 1.71 bits per heavy atom. The van der Waals surface area contributed by atoms with E-state index in [1.165, 1.54) is 0 Å². The number of nitrogens with zero attached hydrogens (tertiary/aromatic N) is 7. The van der Waals surface area contributed by atoms with Gasteiger partial charge in [-0.1, -0.05) is 82.5 Å². The molecule has 13 nitrogen and oxygen atoms in total. The van der Waals surface area contributed by atoms with E-state index in [9.17, 15) is 10.3 Å². The van der Waals surface area contributed by atoms with Crippen LogP contribution in [-0.4, -0.2) is 42.2 Å². The molecule has 1 heterocycles. The second-order valence-electron chi connectivity index (χ2n) is 11.1. The summed E-state index contributed by atoms with van der Waals surface area (Å²) in [6, 6.07) is 28.8. The summed E-state index contributed by atoms with van der Waals surface area (Å²) in [6.07, 6.45) is 0.127. The molecule has 14 heteroatoms. The van der Waals surface area contributed by atoms with Crippen LogP contribution in [0.1, 0.15) is 40.3 Å². The van der Waals surface area contributed by atoms with Crippen molar-refractivity contribution in [1.82, 2.24) is 10.9 Å². The van der Waals surface area contributed by atoms with Crippen molar-refractivity contribution < 1.29 is 19.4 Å². The highest BCUT2D eigenvalue weighted by atomic mass is 35.5. The molecule has 0 unspecified atom stereocenters. The van der Waals surface area contributed by atoms with Crippen LogP contribution in [0.3, 0.4) is 0 Å². The molecule has 5 rings (SSSR count). The van der Waals surface area contributed by atoms with Gasteiger partial charge in [0.25, 0.3) is 5.91 Å². The number of azide groups is 2. The van der Waals surface area contributed by atoms with Crippen LogP contribution >= 0.6 is 11.6 Å². The lowest BCUT2D eigenvalue weighted by Gasteiger charge is -2.32. The van der Waals surface area contributed by atoms with Gasteiger partial charge in [0.15, 0.2) is 11.6 Å². The summed E-state index contributed by atoms with van der Waals surface area (Å²) in [5.41, 5.74) is 26.5. The summed E-state index contributed by atoms with van der Waals surface area (Å²) in [5.74, 6) is 0.315. The first-order chi connectivity index (χ1) is 24.0. The van der Waals surface area contributed by atoms with E-state index < -0.39 is 17.6 Å². The number of carbonyl (C=O) groups is 1. The number of ether oxygens (including phenoxy) is 2. The second-order valence-corrected chi connectivity index (χ2v) is 11.6. The van der Waals surface area contributed by atoms with Crippen molar-refractivity contribution in [3.63, 3.8) is 0 Å². The zero-order valence-corrected chi connectivity index (χ0v) is 27.2. The zero-order chi connectivity index (χ0) is 34.5. The summed E-state index contributed by atoms with van der Waals surface area (Å²) in [6.45, 7) is 0.855. The average molecular weight is 680 g/mol. The number of hydrogen-bond donors (Lipinski definition) is 3. The Labute approximate surface area is 287 Å². The van der Waals surface area contributed by atoms with Gasteiger partial charge in [0.05, 0.1) is 13.2 Å². The Morgan fingerprint density at radius 1 is 0.980 bits per heavy atom. The highest BCUT2D eigenvalue weighted by Gasteiger charge is 2.54. The molecule has 0 spiro atoms. The van der Waals surface area contributed by atoms with E-state index in [1.807, 2.05) is 48.5 Å². The SMILES string of the molecule is [N-]=[N+]=NCc1ccccc1C[C@]1(C(=O)NNCCc2ccc(Cl)cc2)N=C(c2ccc(OCCCO)cc2)O[C@H]1c1ccccc1N=[N+]=[N-]. The second kappa shape index (κ2) is 17.0. The topological polar surface area (TPSA) is 190 Å². The summed E-state index contributed by atoms with van der Waals surface area (Å²) in [7, 11) is 0. The maximum absolute atomic E-state index is 14.6. The van der Waals surface area contributed by atoms with Crippen molar-refractivity contribution in [2.75, 3.05) is 19.8 Å². The molecule has 0 bridgehead atoms. The van der Waals surface area contributed by atoms with Gasteiger partial charge >= 0.3 is 0 Å². The Morgan fingerprint density at radius 3 is 2.45 bits per heavy atom. The molecule has 0 saturated carbocycles. The van der Waals surface area contributed by atoms with E-state index in [0.717, 1.165) is 16.7 Å². The van der Waals surface area contributed by atoms with Crippen LogP contribution in [0.2, 0.25) is 5.02 Å². The minimum Gasteiger partial charge on any atom is -0.494 e. The van der Waals surface area contributed by atoms with E-state index in [1.54, 1.807) is 48.5 Å². The lowest BCUT2D eigenvalue weighted by atomic mass is 9.80. The largest absolute Gasteiger partial charge is 0.494 e. The van der Waals surface area contributed by atoms with Gasteiger partial charge < -0.3 is 14.6 Å². The maximum atomic E-state index is 14.6. The molecule has 0 radical (unpaired) electrons. The highest BCUT2D eigenvalue weighted by Crippen LogP contribution is 2.45. The summed E-state index contributed by atoms with van der Waals surface area (Å²) in [5, 5.41) is 17.4. The van der Waals surface area contributed by atoms with Crippen molar-refractivity contribution in [1.29, 1.82) is 0 Å². The highest BCUT2D eigenvalue weighted by molar-refractivity contribution is 6.30. The number of aliphatic imine (C=N–C) groups is 1. The number of halogens is 1. The van der Waals surface area contributed by atoms with Crippen LogP contribution in [0, 0.1) is 0 Å². The lowest BCUT2D eigenvalue weighted by molar-refractivity contribution is -0.130. The molecule has 0 aromatic heterocycles. The molecular formula is C35H34ClN9O4. The quantitative estimate of drug-likeness (QED) is 0.0370.